The molecule has 0 aliphatic rings. The van der Waals surface area contributed by atoms with Crippen LogP contribution in [0.2, 0.25) is 0 Å². The molecule has 0 heterocycles. The molecule has 0 aromatic heterocycles. The summed E-state index contributed by atoms with van der Waals surface area (Å²) in [5, 5.41) is 22.1. The van der Waals surface area contributed by atoms with E-state index in [-0.39, 0.29) is 0 Å². The number of carbonyl (C=O) groups excluding carboxylic acids is 2. The van der Waals surface area contributed by atoms with Crippen LogP contribution in [0.3, 0.4) is 0 Å². The lowest BCUT2D eigenvalue weighted by molar-refractivity contribution is -0.317. The van der Waals surface area contributed by atoms with Gasteiger partial charge in [0.2, 0.25) is 0 Å². The van der Waals surface area contributed by atoms with E-state index in [0.717, 1.165) is 0 Å². The van der Waals surface area contributed by atoms with E-state index in [4.69, 9.17) is 0 Å². The van der Waals surface area contributed by atoms with Gasteiger partial charge in [-0.25, -0.2) is 0 Å². The minimum Gasteiger partial charge on any atom is -0.550 e. The van der Waals surface area contributed by atoms with E-state index in [0.29, 0.717) is 0 Å². The molecule has 0 aliphatic heterocycles. The molecule has 58 valence electrons. The average molecular weight is 145 g/mol. The summed E-state index contributed by atoms with van der Waals surface area (Å²) in [6, 6.07) is -1.16. The van der Waals surface area contributed by atoms with Gasteiger partial charge in [0.15, 0.2) is 0 Å². The molecule has 0 spiro atoms. The molecule has 0 rings (SSSR count). The number of carboxylic acids is 2. The molecule has 10 heavy (non-hydrogen) atoms. The fraction of sp³-hybridized carbons (Fsp3) is 0.600. The fourth-order valence-corrected chi connectivity index (χ4v) is 0.470. The Morgan fingerprint density at radius 1 is 1.50 bits per heavy atom. The molecule has 0 aromatic rings. The fourth-order valence-electron chi connectivity index (χ4n) is 0.470. The van der Waals surface area contributed by atoms with Crippen molar-refractivity contribution < 1.29 is 19.8 Å². The summed E-state index contributed by atoms with van der Waals surface area (Å²) in [5.41, 5.74) is 0. The average Bonchev–Trinajstić information content (AvgIpc) is 1.81. The third kappa shape index (κ3) is 3.03. The zero-order chi connectivity index (χ0) is 8.15. The van der Waals surface area contributed by atoms with Gasteiger partial charge in [-0.05, 0) is 7.05 Å². The Morgan fingerprint density at radius 3 is 2.10 bits per heavy atom. The first kappa shape index (κ1) is 8.90. The smallest absolute Gasteiger partial charge is 0.0588 e. The highest BCUT2D eigenvalue weighted by Gasteiger charge is 2.05. The molecule has 0 bridgehead atoms. The third-order valence-corrected chi connectivity index (χ3v) is 1.00. The first-order valence-corrected chi connectivity index (χ1v) is 2.66. The maximum atomic E-state index is 10.0. The lowest BCUT2D eigenvalue weighted by atomic mass is 10.2. The van der Waals surface area contributed by atoms with Gasteiger partial charge in [-0.2, -0.15) is 0 Å². The maximum Gasteiger partial charge on any atom is 0.0588 e. The van der Waals surface area contributed by atoms with Gasteiger partial charge in [-0.1, -0.05) is 0 Å². The van der Waals surface area contributed by atoms with Crippen LogP contribution in [-0.2, 0) is 9.59 Å². The molecule has 0 saturated heterocycles. The molecule has 0 aliphatic carbocycles. The molecule has 0 radical (unpaired) electrons. The summed E-state index contributed by atoms with van der Waals surface area (Å²) in [7, 11) is 1.34. The van der Waals surface area contributed by atoms with Crippen LogP contribution in [0.5, 0.6) is 0 Å². The van der Waals surface area contributed by atoms with E-state index in [2.05, 4.69) is 5.32 Å². The standard InChI is InChI=1S/C5H9NO4/c1-6-3(5(9)10)2-4(7)8/h3,6H,2H2,1H3,(H,7,8)(H,9,10)/p-2/t3-/m0/s1. The van der Waals surface area contributed by atoms with Gasteiger partial charge in [-0.3, -0.25) is 0 Å². The van der Waals surface area contributed by atoms with E-state index in [1.165, 1.54) is 7.05 Å². The predicted octanol–water partition coefficient (Wildman–Crippen LogP) is -3.54. The van der Waals surface area contributed by atoms with Crippen LogP contribution in [0, 0.1) is 0 Å². The summed E-state index contributed by atoms with van der Waals surface area (Å²) < 4.78 is 0. The number of aliphatic carboxylic acids is 2. The monoisotopic (exact) mass is 145 g/mol. The maximum absolute atomic E-state index is 10.0. The van der Waals surface area contributed by atoms with E-state index in [1.807, 2.05) is 0 Å². The van der Waals surface area contributed by atoms with Crippen LogP contribution in [-0.4, -0.2) is 25.0 Å². The van der Waals surface area contributed by atoms with Crippen LogP contribution in [0.25, 0.3) is 0 Å². The van der Waals surface area contributed by atoms with Crippen molar-refractivity contribution in [2.75, 3.05) is 7.05 Å². The topological polar surface area (TPSA) is 92.3 Å². The second-order valence-corrected chi connectivity index (χ2v) is 1.74. The molecule has 0 aromatic carbocycles. The molecule has 0 fully saturated rings. The molecule has 0 amide bonds. The van der Waals surface area contributed by atoms with Gasteiger partial charge in [0, 0.05) is 12.4 Å². The summed E-state index contributed by atoms with van der Waals surface area (Å²) in [6.07, 6.45) is -0.571. The van der Waals surface area contributed by atoms with Crippen LogP contribution in [0.1, 0.15) is 6.42 Å². The van der Waals surface area contributed by atoms with E-state index >= 15 is 0 Å². The van der Waals surface area contributed by atoms with Gasteiger partial charge in [-0.15, -0.1) is 0 Å². The summed E-state index contributed by atoms with van der Waals surface area (Å²) in [6.45, 7) is 0. The van der Waals surface area contributed by atoms with Crippen LogP contribution < -0.4 is 15.5 Å². The Bertz CT molecular complexity index is 145. The molecule has 0 saturated carbocycles. The van der Waals surface area contributed by atoms with E-state index in [1.54, 1.807) is 0 Å². The Labute approximate surface area is 57.7 Å². The van der Waals surface area contributed by atoms with Crippen molar-refractivity contribution in [3.05, 3.63) is 0 Å². The SMILES string of the molecule is CN[C@@H](CC(=O)[O-])C(=O)[O-]. The van der Waals surface area contributed by atoms with Crippen molar-refractivity contribution >= 4 is 11.9 Å². The normalized spacial score (nSPS) is 12.5. The van der Waals surface area contributed by atoms with Crippen molar-refractivity contribution in [1.82, 2.24) is 5.32 Å². The lowest BCUT2D eigenvalue weighted by Gasteiger charge is -2.16. The zero-order valence-corrected chi connectivity index (χ0v) is 5.42. The molecule has 5 nitrogen and oxygen atoms in total. The Kier molecular flexibility index (Phi) is 3.42. The number of rotatable bonds is 4. The number of likely N-dealkylation sites (N-methyl/N-ethyl adjacent to an activating group) is 1. The summed E-state index contributed by atoms with van der Waals surface area (Å²) in [4.78, 5) is 19.8. The van der Waals surface area contributed by atoms with Gasteiger partial charge in [0.25, 0.3) is 0 Å². The molecule has 1 N–H and O–H groups in total. The van der Waals surface area contributed by atoms with Crippen molar-refractivity contribution in [3.8, 4) is 0 Å². The molecule has 5 heteroatoms. The highest BCUT2D eigenvalue weighted by atomic mass is 16.4. The molecular formula is C5H7NO4-2. The first-order valence-electron chi connectivity index (χ1n) is 2.66. The highest BCUT2D eigenvalue weighted by Crippen LogP contribution is 1.86. The quantitative estimate of drug-likeness (QED) is 0.442. The minimum absolute atomic E-state index is 0.571. The van der Waals surface area contributed by atoms with Crippen molar-refractivity contribution in [3.63, 3.8) is 0 Å². The van der Waals surface area contributed by atoms with Crippen LogP contribution in [0.15, 0.2) is 0 Å². The number of hydrogen-bond donors (Lipinski definition) is 1. The number of hydrogen-bond acceptors (Lipinski definition) is 5. The summed E-state index contributed by atoms with van der Waals surface area (Å²) >= 11 is 0. The second-order valence-electron chi connectivity index (χ2n) is 1.74. The number of carbonyl (C=O) groups is 2. The van der Waals surface area contributed by atoms with Crippen LogP contribution in [0.4, 0.5) is 0 Å². The van der Waals surface area contributed by atoms with E-state index in [9.17, 15) is 19.8 Å². The van der Waals surface area contributed by atoms with Crippen molar-refractivity contribution in [2.24, 2.45) is 0 Å². The summed E-state index contributed by atoms with van der Waals surface area (Å²) in [5.74, 6) is -2.85. The second kappa shape index (κ2) is 3.84. The van der Waals surface area contributed by atoms with Gasteiger partial charge < -0.3 is 25.1 Å². The predicted molar refractivity (Wildman–Crippen MR) is 27.5 cm³/mol. The van der Waals surface area contributed by atoms with Crippen molar-refractivity contribution in [2.45, 2.75) is 12.5 Å². The number of carboxylic acid groups (broad SMARTS) is 2. The minimum atomic E-state index is -1.44. The van der Waals surface area contributed by atoms with Crippen molar-refractivity contribution in [1.29, 1.82) is 0 Å². The van der Waals surface area contributed by atoms with E-state index < -0.39 is 24.4 Å². The van der Waals surface area contributed by atoms with Gasteiger partial charge in [0.05, 0.1) is 12.0 Å². The molecule has 1 atom stereocenters. The Balaban J connectivity index is 3.83. The lowest BCUT2D eigenvalue weighted by Crippen LogP contribution is -2.47. The highest BCUT2D eigenvalue weighted by molar-refractivity contribution is 5.78. The number of nitrogens with one attached hydrogen (secondary N) is 1. The van der Waals surface area contributed by atoms with Gasteiger partial charge >= 0.3 is 0 Å². The first-order chi connectivity index (χ1) is 4.57. The molecule has 0 unspecified atom stereocenters. The van der Waals surface area contributed by atoms with Crippen LogP contribution >= 0.6 is 0 Å². The van der Waals surface area contributed by atoms with Gasteiger partial charge in [0.1, 0.15) is 0 Å². The Hall–Kier alpha value is -1.10. The largest absolute Gasteiger partial charge is 0.550 e. The zero-order valence-electron chi connectivity index (χ0n) is 5.42. The Morgan fingerprint density at radius 2 is 2.00 bits per heavy atom. The third-order valence-electron chi connectivity index (χ3n) is 1.00. The molecular weight excluding hydrogens is 138 g/mol.